The van der Waals surface area contributed by atoms with Crippen LogP contribution in [0.3, 0.4) is 0 Å². The lowest BCUT2D eigenvalue weighted by Crippen LogP contribution is -2.47. The third-order valence-corrected chi connectivity index (χ3v) is 4.42. The summed E-state index contributed by atoms with van der Waals surface area (Å²) in [4.78, 5) is 16.0. The van der Waals surface area contributed by atoms with Gasteiger partial charge in [0.2, 0.25) is 0 Å². The Morgan fingerprint density at radius 1 is 1.04 bits per heavy atom. The lowest BCUT2D eigenvalue weighted by atomic mass is 10.1. The molecule has 6 heteroatoms. The fraction of sp³-hybridized carbons (Fsp3) is 0.278. The maximum absolute atomic E-state index is 14.1. The van der Waals surface area contributed by atoms with Crippen LogP contribution in [0.2, 0.25) is 5.02 Å². The minimum absolute atomic E-state index is 0.314. The van der Waals surface area contributed by atoms with E-state index in [4.69, 9.17) is 16.3 Å². The predicted octanol–water partition coefficient (Wildman–Crippen LogP) is 3.59. The first-order chi connectivity index (χ1) is 11.6. The maximum atomic E-state index is 14.1. The van der Waals surface area contributed by atoms with Gasteiger partial charge in [0.1, 0.15) is 5.82 Å². The molecule has 1 saturated heterocycles. The molecule has 0 unspecified atom stereocenters. The average Bonchev–Trinajstić information content (AvgIpc) is 2.61. The molecule has 126 valence electrons. The quantitative estimate of drug-likeness (QED) is 0.794. The van der Waals surface area contributed by atoms with Gasteiger partial charge in [-0.05, 0) is 30.3 Å². The predicted molar refractivity (Wildman–Crippen MR) is 93.6 cm³/mol. The van der Waals surface area contributed by atoms with Crippen molar-refractivity contribution < 1.29 is 13.9 Å². The van der Waals surface area contributed by atoms with Crippen molar-refractivity contribution in [3.8, 4) is 0 Å². The molecule has 4 nitrogen and oxygen atoms in total. The summed E-state index contributed by atoms with van der Waals surface area (Å²) in [6.07, 6.45) is 0. The van der Waals surface area contributed by atoms with E-state index in [1.807, 2.05) is 23.1 Å². The molecule has 0 bridgehead atoms. The summed E-state index contributed by atoms with van der Waals surface area (Å²) in [7, 11) is 1.38. The summed E-state index contributed by atoms with van der Waals surface area (Å²) in [5.41, 5.74) is 1.95. The van der Waals surface area contributed by atoms with Gasteiger partial charge in [0.25, 0.3) is 0 Å². The number of halogens is 2. The second kappa shape index (κ2) is 7.09. The van der Waals surface area contributed by atoms with Gasteiger partial charge in [-0.1, -0.05) is 23.7 Å². The molecule has 2 aromatic carbocycles. The van der Waals surface area contributed by atoms with E-state index >= 15 is 0 Å². The molecule has 0 aromatic heterocycles. The number of rotatable bonds is 3. The second-order valence-electron chi connectivity index (χ2n) is 5.58. The number of ether oxygens (including phenoxy) is 1. The number of methoxy groups -OCH3 is 1. The van der Waals surface area contributed by atoms with Crippen molar-refractivity contribution in [3.63, 3.8) is 0 Å². The first-order valence-corrected chi connectivity index (χ1v) is 8.10. The summed E-state index contributed by atoms with van der Waals surface area (Å²) < 4.78 is 18.9. The van der Waals surface area contributed by atoms with Crippen LogP contribution in [0.5, 0.6) is 0 Å². The third kappa shape index (κ3) is 3.31. The molecule has 0 saturated carbocycles. The Balaban J connectivity index is 1.75. The molecule has 1 aliphatic heterocycles. The van der Waals surface area contributed by atoms with Gasteiger partial charge in [0, 0.05) is 31.2 Å². The third-order valence-electron chi connectivity index (χ3n) is 4.18. The number of piperazine rings is 1. The summed E-state index contributed by atoms with van der Waals surface area (Å²) in [6, 6.07) is 12.1. The molecule has 0 N–H and O–H groups in total. The van der Waals surface area contributed by atoms with E-state index in [2.05, 4.69) is 4.90 Å². The highest BCUT2D eigenvalue weighted by atomic mass is 35.5. The summed E-state index contributed by atoms with van der Waals surface area (Å²) in [5.74, 6) is -0.664. The van der Waals surface area contributed by atoms with Gasteiger partial charge in [0.15, 0.2) is 0 Å². The summed E-state index contributed by atoms with van der Waals surface area (Å²) >= 11 is 5.81. The zero-order valence-corrected chi connectivity index (χ0v) is 14.1. The van der Waals surface area contributed by atoms with Crippen LogP contribution in [0.1, 0.15) is 10.4 Å². The van der Waals surface area contributed by atoms with Crippen LogP contribution in [-0.4, -0.2) is 39.3 Å². The van der Waals surface area contributed by atoms with Crippen molar-refractivity contribution in [1.82, 2.24) is 0 Å². The van der Waals surface area contributed by atoms with Gasteiger partial charge in [-0.2, -0.15) is 0 Å². The Bertz CT molecular complexity index is 746. The molecular weight excluding hydrogens is 331 g/mol. The number of carbonyl (C=O) groups is 1. The lowest BCUT2D eigenvalue weighted by Gasteiger charge is -2.38. The van der Waals surface area contributed by atoms with Crippen molar-refractivity contribution >= 4 is 28.9 Å². The zero-order chi connectivity index (χ0) is 17.1. The van der Waals surface area contributed by atoms with Crippen molar-refractivity contribution in [3.05, 3.63) is 58.9 Å². The van der Waals surface area contributed by atoms with E-state index in [0.29, 0.717) is 42.5 Å². The van der Waals surface area contributed by atoms with Gasteiger partial charge >= 0.3 is 5.97 Å². The Morgan fingerprint density at radius 3 is 2.29 bits per heavy atom. The van der Waals surface area contributed by atoms with Gasteiger partial charge in [0.05, 0.1) is 24.0 Å². The highest BCUT2D eigenvalue weighted by Gasteiger charge is 2.23. The largest absolute Gasteiger partial charge is 0.465 e. The van der Waals surface area contributed by atoms with Crippen LogP contribution in [0, 0.1) is 5.82 Å². The first kappa shape index (κ1) is 16.6. The smallest absolute Gasteiger partial charge is 0.339 e. The molecule has 24 heavy (non-hydrogen) atoms. The minimum atomic E-state index is -0.350. The number of hydrogen-bond donors (Lipinski definition) is 0. The molecule has 0 amide bonds. The highest BCUT2D eigenvalue weighted by Crippen LogP contribution is 2.27. The number of carbonyl (C=O) groups excluding carboxylic acids is 1. The highest BCUT2D eigenvalue weighted by molar-refractivity contribution is 6.30. The van der Waals surface area contributed by atoms with Gasteiger partial charge in [-0.15, -0.1) is 0 Å². The average molecular weight is 349 g/mol. The van der Waals surface area contributed by atoms with E-state index in [9.17, 15) is 9.18 Å². The van der Waals surface area contributed by atoms with Crippen LogP contribution in [0.4, 0.5) is 15.8 Å². The summed E-state index contributed by atoms with van der Waals surface area (Å²) in [5, 5.41) is 0.391. The van der Waals surface area contributed by atoms with E-state index < -0.39 is 0 Å². The number of anilines is 2. The van der Waals surface area contributed by atoms with Crippen LogP contribution in [-0.2, 0) is 4.74 Å². The SMILES string of the molecule is COC(=O)c1ccccc1N1CCN(c2ccc(Cl)cc2F)CC1. The topological polar surface area (TPSA) is 32.8 Å². The fourth-order valence-electron chi connectivity index (χ4n) is 2.96. The molecule has 3 rings (SSSR count). The first-order valence-electron chi connectivity index (χ1n) is 7.72. The summed E-state index contributed by atoms with van der Waals surface area (Å²) in [6.45, 7) is 2.70. The number of benzene rings is 2. The van der Waals surface area contributed by atoms with Gasteiger partial charge < -0.3 is 14.5 Å². The van der Waals surface area contributed by atoms with Crippen LogP contribution in [0.25, 0.3) is 0 Å². The van der Waals surface area contributed by atoms with Crippen molar-refractivity contribution in [1.29, 1.82) is 0 Å². The molecule has 1 heterocycles. The van der Waals surface area contributed by atoms with Gasteiger partial charge in [-0.25, -0.2) is 9.18 Å². The molecule has 0 spiro atoms. The Morgan fingerprint density at radius 2 is 1.67 bits per heavy atom. The molecular formula is C18H18ClFN2O2. The standard InChI is InChI=1S/C18H18ClFN2O2/c1-24-18(23)14-4-2-3-5-16(14)21-8-10-22(11-9-21)17-7-6-13(19)12-15(17)20/h2-7,12H,8-11H2,1H3. The fourth-order valence-corrected chi connectivity index (χ4v) is 3.12. The van der Waals surface area contributed by atoms with E-state index in [1.54, 1.807) is 18.2 Å². The number of para-hydroxylation sites is 1. The molecule has 0 aliphatic carbocycles. The Labute approximate surface area is 145 Å². The zero-order valence-electron chi connectivity index (χ0n) is 13.3. The monoisotopic (exact) mass is 348 g/mol. The van der Waals surface area contributed by atoms with Crippen LogP contribution < -0.4 is 9.80 Å². The lowest BCUT2D eigenvalue weighted by molar-refractivity contribution is 0.0601. The maximum Gasteiger partial charge on any atom is 0.339 e. The minimum Gasteiger partial charge on any atom is -0.465 e. The molecule has 1 fully saturated rings. The Kier molecular flexibility index (Phi) is 4.90. The van der Waals surface area contributed by atoms with Crippen molar-refractivity contribution in [2.45, 2.75) is 0 Å². The van der Waals surface area contributed by atoms with Gasteiger partial charge in [-0.3, -0.25) is 0 Å². The second-order valence-corrected chi connectivity index (χ2v) is 6.01. The Hall–Kier alpha value is -2.27. The van der Waals surface area contributed by atoms with Crippen LogP contribution >= 0.6 is 11.6 Å². The number of nitrogens with zero attached hydrogens (tertiary/aromatic N) is 2. The van der Waals surface area contributed by atoms with E-state index in [1.165, 1.54) is 13.2 Å². The number of hydrogen-bond acceptors (Lipinski definition) is 4. The molecule has 2 aromatic rings. The van der Waals surface area contributed by atoms with Crippen LogP contribution in [0.15, 0.2) is 42.5 Å². The van der Waals surface area contributed by atoms with Crippen molar-refractivity contribution in [2.24, 2.45) is 0 Å². The normalized spacial score (nSPS) is 14.6. The number of esters is 1. The molecule has 0 radical (unpaired) electrons. The van der Waals surface area contributed by atoms with Crippen molar-refractivity contribution in [2.75, 3.05) is 43.1 Å². The molecule has 0 atom stereocenters. The van der Waals surface area contributed by atoms with E-state index in [-0.39, 0.29) is 11.8 Å². The molecule has 1 aliphatic rings. The van der Waals surface area contributed by atoms with E-state index in [0.717, 1.165) is 5.69 Å².